The molecular formula is C23H35F2OTi-3. The molecule has 0 saturated heterocycles. The Morgan fingerprint density at radius 1 is 0.778 bits per heavy atom. The summed E-state index contributed by atoms with van der Waals surface area (Å²) in [5, 5.41) is 10.7. The monoisotopic (exact) mass is 413 g/mol. The zero-order valence-electron chi connectivity index (χ0n) is 18.3. The van der Waals surface area contributed by atoms with Crippen molar-refractivity contribution in [1.82, 2.24) is 0 Å². The molecule has 0 bridgehead atoms. The van der Waals surface area contributed by atoms with Gasteiger partial charge in [0.1, 0.15) is 5.75 Å². The van der Waals surface area contributed by atoms with E-state index in [1.165, 1.54) is 5.56 Å². The van der Waals surface area contributed by atoms with Crippen molar-refractivity contribution in [3.63, 3.8) is 0 Å². The van der Waals surface area contributed by atoms with Gasteiger partial charge in [-0.3, -0.25) is 6.08 Å². The van der Waals surface area contributed by atoms with Gasteiger partial charge in [0.05, 0.1) is 0 Å². The van der Waals surface area contributed by atoms with Gasteiger partial charge in [-0.1, -0.05) is 74.4 Å². The van der Waals surface area contributed by atoms with E-state index in [1.807, 2.05) is 12.2 Å². The van der Waals surface area contributed by atoms with E-state index >= 15 is 0 Å². The van der Waals surface area contributed by atoms with Gasteiger partial charge in [-0.15, -0.1) is 6.42 Å². The summed E-state index contributed by atoms with van der Waals surface area (Å²) in [5.74, 6) is 0.466. The molecule has 0 atom stereocenters. The summed E-state index contributed by atoms with van der Waals surface area (Å²) < 4.78 is 0. The molecule has 0 radical (unpaired) electrons. The zero-order chi connectivity index (χ0) is 18.8. The first kappa shape index (κ1) is 30.8. The number of hydrogen-bond acceptors (Lipinski definition) is 1. The Hall–Kier alpha value is -0.926. The van der Waals surface area contributed by atoms with Crippen LogP contribution in [0.1, 0.15) is 85.4 Å². The molecule has 154 valence electrons. The SMILES string of the molecule is CC(C)(C)c1cc(C(C)(C)C)c(O)c(C(C)(C)C)c1.[C-]1=CC=CC1.[F-].[F-].[Ti]. The summed E-state index contributed by atoms with van der Waals surface area (Å²) >= 11 is 0. The fourth-order valence-corrected chi connectivity index (χ4v) is 2.55. The van der Waals surface area contributed by atoms with E-state index in [9.17, 15) is 5.11 Å². The molecule has 1 aliphatic rings. The predicted molar refractivity (Wildman–Crippen MR) is 106 cm³/mol. The van der Waals surface area contributed by atoms with Crippen LogP contribution >= 0.6 is 0 Å². The molecule has 0 fully saturated rings. The Balaban J connectivity index is -0.000000625. The van der Waals surface area contributed by atoms with Crippen LogP contribution in [0.3, 0.4) is 0 Å². The van der Waals surface area contributed by atoms with E-state index in [-0.39, 0.29) is 47.4 Å². The molecular weight excluding hydrogens is 378 g/mol. The molecule has 2 rings (SSSR count). The largest absolute Gasteiger partial charge is 1.00 e. The van der Waals surface area contributed by atoms with E-state index in [2.05, 4.69) is 86.6 Å². The van der Waals surface area contributed by atoms with Crippen molar-refractivity contribution >= 4 is 0 Å². The first-order valence-corrected chi connectivity index (χ1v) is 8.85. The maximum absolute atomic E-state index is 10.7. The molecule has 0 heterocycles. The smallest absolute Gasteiger partial charge is 0.123 e. The predicted octanol–water partition coefficient (Wildman–Crippen LogP) is 0.596. The summed E-state index contributed by atoms with van der Waals surface area (Å²) in [7, 11) is 0. The molecule has 0 aromatic heterocycles. The average Bonchev–Trinajstić information content (AvgIpc) is 2.93. The normalized spacial score (nSPS) is 12.9. The minimum absolute atomic E-state index is 0. The fourth-order valence-electron chi connectivity index (χ4n) is 2.55. The van der Waals surface area contributed by atoms with Crippen molar-refractivity contribution in [1.29, 1.82) is 0 Å². The molecule has 0 saturated carbocycles. The zero-order valence-corrected chi connectivity index (χ0v) is 19.9. The Morgan fingerprint density at radius 3 is 1.37 bits per heavy atom. The maximum atomic E-state index is 10.7. The van der Waals surface area contributed by atoms with Crippen LogP contribution in [0.4, 0.5) is 0 Å². The van der Waals surface area contributed by atoms with E-state index in [0.29, 0.717) is 5.75 Å². The van der Waals surface area contributed by atoms with E-state index in [4.69, 9.17) is 0 Å². The molecule has 0 spiro atoms. The number of aromatic hydroxyl groups is 1. The maximum Gasteiger partial charge on any atom is 0.123 e. The second kappa shape index (κ2) is 11.2. The number of halogens is 2. The molecule has 0 unspecified atom stereocenters. The molecule has 0 amide bonds. The molecule has 4 heteroatoms. The van der Waals surface area contributed by atoms with Crippen LogP contribution in [-0.4, -0.2) is 5.11 Å². The number of allylic oxidation sites excluding steroid dienone is 4. The van der Waals surface area contributed by atoms with Gasteiger partial charge in [0.25, 0.3) is 0 Å². The second-order valence-corrected chi connectivity index (χ2v) is 9.67. The van der Waals surface area contributed by atoms with Crippen LogP contribution in [0.2, 0.25) is 0 Å². The van der Waals surface area contributed by atoms with Crippen LogP contribution in [0.25, 0.3) is 0 Å². The van der Waals surface area contributed by atoms with Gasteiger partial charge in [0, 0.05) is 21.7 Å². The summed E-state index contributed by atoms with van der Waals surface area (Å²) in [6, 6.07) is 4.34. The Kier molecular flexibility index (Phi) is 12.7. The Labute approximate surface area is 180 Å². The quantitative estimate of drug-likeness (QED) is 0.488. The van der Waals surface area contributed by atoms with Crippen molar-refractivity contribution in [2.75, 3.05) is 0 Å². The number of phenols is 1. The third kappa shape index (κ3) is 9.21. The fraction of sp³-hybridized carbons (Fsp3) is 0.565. The Bertz CT molecular complexity index is 582. The minimum atomic E-state index is -0.0503. The first-order valence-electron chi connectivity index (χ1n) is 8.85. The van der Waals surface area contributed by atoms with Crippen LogP contribution in [0.15, 0.2) is 30.4 Å². The van der Waals surface area contributed by atoms with Crippen molar-refractivity contribution < 1.29 is 36.2 Å². The average molecular weight is 413 g/mol. The minimum Gasteiger partial charge on any atom is -1.00 e. The molecule has 1 N–H and O–H groups in total. The van der Waals surface area contributed by atoms with Crippen LogP contribution < -0.4 is 9.41 Å². The van der Waals surface area contributed by atoms with Crippen molar-refractivity contribution in [2.24, 2.45) is 0 Å². The van der Waals surface area contributed by atoms with Gasteiger partial charge in [0.2, 0.25) is 0 Å². The van der Waals surface area contributed by atoms with Gasteiger partial charge < -0.3 is 14.5 Å². The molecule has 27 heavy (non-hydrogen) atoms. The van der Waals surface area contributed by atoms with Gasteiger partial charge in [0.15, 0.2) is 0 Å². The van der Waals surface area contributed by atoms with Crippen molar-refractivity contribution in [3.8, 4) is 5.75 Å². The van der Waals surface area contributed by atoms with E-state index in [1.54, 1.807) is 0 Å². The van der Waals surface area contributed by atoms with Crippen molar-refractivity contribution in [2.45, 2.75) is 85.0 Å². The molecule has 1 aliphatic carbocycles. The second-order valence-electron chi connectivity index (χ2n) is 9.67. The molecule has 1 nitrogen and oxygen atoms in total. The first-order chi connectivity index (χ1) is 10.7. The molecule has 1 aromatic rings. The number of benzene rings is 1. The summed E-state index contributed by atoms with van der Waals surface area (Å²) in [4.78, 5) is 0. The molecule has 1 aromatic carbocycles. The van der Waals surface area contributed by atoms with Crippen LogP contribution in [-0.2, 0) is 38.0 Å². The standard InChI is InChI=1S/C18H30O.C5H5.2FH.Ti/c1-16(2,3)12-10-13(17(4,5)6)15(19)14(11-12)18(7,8)9;1-2-4-5-3-1;;;/h10-11,19H,1-9H3;1-3H,4H2;2*1H;/q;-1;;;/p-2. The Morgan fingerprint density at radius 2 is 1.19 bits per heavy atom. The molecule has 0 aliphatic heterocycles. The van der Waals surface area contributed by atoms with Gasteiger partial charge in [-0.25, -0.2) is 12.2 Å². The summed E-state index contributed by atoms with van der Waals surface area (Å²) in [6.45, 7) is 19.6. The van der Waals surface area contributed by atoms with Crippen LogP contribution in [0, 0.1) is 6.08 Å². The topological polar surface area (TPSA) is 20.2 Å². The number of rotatable bonds is 0. The van der Waals surface area contributed by atoms with Crippen LogP contribution in [0.5, 0.6) is 5.75 Å². The number of hydrogen-bond donors (Lipinski definition) is 1. The van der Waals surface area contributed by atoms with Gasteiger partial charge >= 0.3 is 0 Å². The third-order valence-electron chi connectivity index (χ3n) is 4.18. The van der Waals surface area contributed by atoms with Gasteiger partial charge in [-0.05, 0) is 32.9 Å². The van der Waals surface area contributed by atoms with E-state index in [0.717, 1.165) is 17.5 Å². The van der Waals surface area contributed by atoms with E-state index < -0.39 is 0 Å². The summed E-state index contributed by atoms with van der Waals surface area (Å²) in [5.41, 5.74) is 3.37. The number of phenolic OH excluding ortho intramolecular Hbond substituents is 1. The van der Waals surface area contributed by atoms with Gasteiger partial charge in [-0.2, -0.15) is 6.08 Å². The summed E-state index contributed by atoms with van der Waals surface area (Å²) in [6.07, 6.45) is 10.0. The van der Waals surface area contributed by atoms with Crippen molar-refractivity contribution in [3.05, 3.63) is 53.1 Å². The third-order valence-corrected chi connectivity index (χ3v) is 4.18.